The van der Waals surface area contributed by atoms with Crippen molar-refractivity contribution in [2.75, 3.05) is 0 Å². The molecule has 37 heavy (non-hydrogen) atoms. The zero-order valence-electron chi connectivity index (χ0n) is 20.5. The number of pyridine rings is 1. The first kappa shape index (κ1) is 23.2. The third kappa shape index (κ3) is 5.06. The summed E-state index contributed by atoms with van der Waals surface area (Å²) in [6.07, 6.45) is 8.67. The number of carbonyl (C=O) groups is 1. The van der Waals surface area contributed by atoms with E-state index in [0.29, 0.717) is 11.1 Å². The molecule has 3 aromatic heterocycles. The van der Waals surface area contributed by atoms with E-state index in [-0.39, 0.29) is 18.1 Å². The fourth-order valence-electron chi connectivity index (χ4n) is 5.23. The molecule has 3 N–H and O–H groups in total. The molecule has 0 spiro atoms. The minimum atomic E-state index is -0.234. The average molecular weight is 492 g/mol. The molecule has 8 heteroatoms. The molecule has 2 atom stereocenters. The van der Waals surface area contributed by atoms with Crippen molar-refractivity contribution < 1.29 is 4.79 Å². The first-order valence-corrected chi connectivity index (χ1v) is 12.9. The number of rotatable bonds is 8. The first-order chi connectivity index (χ1) is 18.2. The number of hydrogen-bond donors (Lipinski definition) is 3. The van der Waals surface area contributed by atoms with Gasteiger partial charge in [-0.1, -0.05) is 36.4 Å². The number of aryl methyl sites for hydroxylation is 2. The summed E-state index contributed by atoms with van der Waals surface area (Å²) in [4.78, 5) is 26.2. The lowest BCUT2D eigenvalue weighted by molar-refractivity contribution is 0.0922. The fourth-order valence-corrected chi connectivity index (χ4v) is 5.23. The molecule has 2 aromatic carbocycles. The summed E-state index contributed by atoms with van der Waals surface area (Å²) in [5.41, 5.74) is 5.61. The molecule has 5 aromatic rings. The van der Waals surface area contributed by atoms with Crippen LogP contribution in [0.3, 0.4) is 0 Å². The molecule has 1 aliphatic carbocycles. The van der Waals surface area contributed by atoms with Crippen molar-refractivity contribution in [3.05, 3.63) is 95.7 Å². The highest BCUT2D eigenvalue weighted by Crippen LogP contribution is 2.28. The molecular formula is C29H29N7O. The number of amides is 1. The maximum atomic E-state index is 13.5. The number of nitrogens with zero attached hydrogens (tertiary/aromatic N) is 4. The van der Waals surface area contributed by atoms with Crippen molar-refractivity contribution in [1.82, 2.24) is 35.8 Å². The molecule has 3 heterocycles. The molecule has 0 radical (unpaired) electrons. The van der Waals surface area contributed by atoms with Gasteiger partial charge in [-0.15, -0.1) is 0 Å². The Morgan fingerprint density at radius 3 is 2.84 bits per heavy atom. The van der Waals surface area contributed by atoms with Gasteiger partial charge in [0.1, 0.15) is 5.82 Å². The Bertz CT molecular complexity index is 1510. The van der Waals surface area contributed by atoms with E-state index in [4.69, 9.17) is 4.98 Å². The Morgan fingerprint density at radius 1 is 1.05 bits per heavy atom. The Morgan fingerprint density at radius 2 is 1.92 bits per heavy atom. The molecule has 2 unspecified atom stereocenters. The van der Waals surface area contributed by atoms with E-state index < -0.39 is 0 Å². The molecule has 8 nitrogen and oxygen atoms in total. The van der Waals surface area contributed by atoms with Crippen LogP contribution < -0.4 is 10.6 Å². The van der Waals surface area contributed by atoms with Crippen LogP contribution in [0.5, 0.6) is 0 Å². The van der Waals surface area contributed by atoms with Crippen molar-refractivity contribution in [2.24, 2.45) is 0 Å². The van der Waals surface area contributed by atoms with E-state index in [2.05, 4.69) is 36.9 Å². The second-order valence-corrected chi connectivity index (χ2v) is 9.55. The Balaban J connectivity index is 1.21. The van der Waals surface area contributed by atoms with Crippen molar-refractivity contribution in [1.29, 1.82) is 0 Å². The molecule has 0 aliphatic heterocycles. The topological polar surface area (TPSA) is 108 Å². The lowest BCUT2D eigenvalue weighted by atomic mass is 9.91. The highest BCUT2D eigenvalue weighted by molar-refractivity contribution is 6.05. The third-order valence-corrected chi connectivity index (χ3v) is 7.04. The number of imidazole rings is 1. The van der Waals surface area contributed by atoms with Crippen LogP contribution in [0.4, 0.5) is 0 Å². The molecule has 186 valence electrons. The van der Waals surface area contributed by atoms with Crippen molar-refractivity contribution in [3.8, 4) is 0 Å². The number of fused-ring (bicyclic) bond motifs is 3. The van der Waals surface area contributed by atoms with Gasteiger partial charge in [0.15, 0.2) is 0 Å². The van der Waals surface area contributed by atoms with E-state index in [9.17, 15) is 4.79 Å². The van der Waals surface area contributed by atoms with Gasteiger partial charge in [-0.05, 0) is 61.9 Å². The standard InChI is InChI=1S/C29H29N7O/c37-29(21-18-31-36-22-11-2-1-10-20(21)22)35-27(34-25-14-5-8-19-9-7-17-30-28(19)25)16-6-15-26-32-23-12-3-4-13-24(23)33-26/h1-4,7,9-13,17-18,25,27,34H,5-6,8,14-16H2,(H,32,33)(H,35,37). The minimum absolute atomic E-state index is 0.0914. The SMILES string of the molecule is O=C(NC(CCCc1nc2ccccc2[nH]1)NC1CCCc2cccnc21)c1cnnc2ccccc12. The fraction of sp³-hybridized carbons (Fsp3) is 0.276. The van der Waals surface area contributed by atoms with Gasteiger partial charge in [0, 0.05) is 18.0 Å². The van der Waals surface area contributed by atoms with Gasteiger partial charge < -0.3 is 10.3 Å². The number of H-pyrrole nitrogens is 1. The van der Waals surface area contributed by atoms with Crippen molar-refractivity contribution in [2.45, 2.75) is 50.7 Å². The monoisotopic (exact) mass is 491 g/mol. The summed E-state index contributed by atoms with van der Waals surface area (Å²) < 4.78 is 0. The summed E-state index contributed by atoms with van der Waals surface area (Å²) in [5, 5.41) is 16.0. The quantitative estimate of drug-likeness (QED) is 0.273. The molecule has 0 saturated heterocycles. The predicted molar refractivity (Wildman–Crippen MR) is 143 cm³/mol. The number of nitrogens with one attached hydrogen (secondary N) is 3. The summed E-state index contributed by atoms with van der Waals surface area (Å²) in [5.74, 6) is 0.796. The Kier molecular flexibility index (Phi) is 6.56. The number of para-hydroxylation sites is 2. The lowest BCUT2D eigenvalue weighted by Gasteiger charge is -2.30. The van der Waals surface area contributed by atoms with Crippen LogP contribution in [-0.2, 0) is 12.8 Å². The van der Waals surface area contributed by atoms with Crippen LogP contribution in [0.25, 0.3) is 21.9 Å². The normalized spacial score (nSPS) is 15.9. The lowest BCUT2D eigenvalue weighted by Crippen LogP contribution is -2.47. The van der Waals surface area contributed by atoms with E-state index in [1.54, 1.807) is 6.20 Å². The zero-order chi connectivity index (χ0) is 25.0. The summed E-state index contributed by atoms with van der Waals surface area (Å²) in [6.45, 7) is 0. The number of hydrogen-bond acceptors (Lipinski definition) is 6. The van der Waals surface area contributed by atoms with Crippen LogP contribution in [0.15, 0.2) is 73.1 Å². The van der Waals surface area contributed by atoms with Gasteiger partial charge in [0.25, 0.3) is 5.91 Å². The van der Waals surface area contributed by atoms with Gasteiger partial charge in [0.2, 0.25) is 0 Å². The second-order valence-electron chi connectivity index (χ2n) is 9.55. The van der Waals surface area contributed by atoms with Crippen LogP contribution in [0.1, 0.15) is 59.2 Å². The molecule has 0 fully saturated rings. The minimum Gasteiger partial charge on any atom is -0.342 e. The molecule has 0 saturated carbocycles. The van der Waals surface area contributed by atoms with Gasteiger partial charge in [-0.2, -0.15) is 10.2 Å². The second kappa shape index (κ2) is 10.4. The summed E-state index contributed by atoms with van der Waals surface area (Å²) in [7, 11) is 0. The number of aromatic nitrogens is 5. The first-order valence-electron chi connectivity index (χ1n) is 12.9. The highest BCUT2D eigenvalue weighted by Gasteiger charge is 2.25. The Labute approximate surface area is 215 Å². The van der Waals surface area contributed by atoms with E-state index in [1.165, 1.54) is 5.56 Å². The number of aromatic amines is 1. The summed E-state index contributed by atoms with van der Waals surface area (Å²) in [6, 6.07) is 19.9. The molecule has 0 bridgehead atoms. The maximum absolute atomic E-state index is 13.5. The number of carbonyl (C=O) groups excluding carboxylic acids is 1. The molecule has 1 amide bonds. The van der Waals surface area contributed by atoms with Crippen LogP contribution in [-0.4, -0.2) is 37.2 Å². The largest absolute Gasteiger partial charge is 0.342 e. The van der Waals surface area contributed by atoms with E-state index in [0.717, 1.165) is 66.5 Å². The van der Waals surface area contributed by atoms with E-state index >= 15 is 0 Å². The predicted octanol–water partition coefficient (Wildman–Crippen LogP) is 4.65. The van der Waals surface area contributed by atoms with Crippen LogP contribution >= 0.6 is 0 Å². The van der Waals surface area contributed by atoms with Gasteiger partial charge in [0.05, 0.1) is 46.2 Å². The Hall–Kier alpha value is -4.17. The molecule has 6 rings (SSSR count). The van der Waals surface area contributed by atoms with Crippen molar-refractivity contribution in [3.63, 3.8) is 0 Å². The van der Waals surface area contributed by atoms with Crippen LogP contribution in [0.2, 0.25) is 0 Å². The molecule has 1 aliphatic rings. The zero-order valence-corrected chi connectivity index (χ0v) is 20.5. The third-order valence-electron chi connectivity index (χ3n) is 7.04. The van der Waals surface area contributed by atoms with E-state index in [1.807, 2.05) is 60.8 Å². The molecular weight excluding hydrogens is 462 g/mol. The van der Waals surface area contributed by atoms with Gasteiger partial charge >= 0.3 is 0 Å². The smallest absolute Gasteiger partial charge is 0.254 e. The average Bonchev–Trinajstić information content (AvgIpc) is 3.36. The highest BCUT2D eigenvalue weighted by atomic mass is 16.1. The van der Waals surface area contributed by atoms with Gasteiger partial charge in [-0.3, -0.25) is 15.1 Å². The van der Waals surface area contributed by atoms with Crippen molar-refractivity contribution >= 4 is 27.8 Å². The summed E-state index contributed by atoms with van der Waals surface area (Å²) >= 11 is 0. The maximum Gasteiger partial charge on any atom is 0.254 e. The number of benzene rings is 2. The van der Waals surface area contributed by atoms with Gasteiger partial charge in [-0.25, -0.2) is 4.98 Å². The van der Waals surface area contributed by atoms with Crippen LogP contribution in [0, 0.1) is 0 Å².